The Hall–Kier alpha value is -1.58. The van der Waals surface area contributed by atoms with Crippen molar-refractivity contribution >= 4 is 11.7 Å². The lowest BCUT2D eigenvalue weighted by Gasteiger charge is -2.24. The molecule has 2 N–H and O–H groups in total. The van der Waals surface area contributed by atoms with E-state index in [2.05, 4.69) is 22.5 Å². The average Bonchev–Trinajstić information content (AvgIpc) is 2.36. The molecule has 0 aliphatic carbocycles. The van der Waals surface area contributed by atoms with Gasteiger partial charge < -0.3 is 10.6 Å². The Kier molecular flexibility index (Phi) is 5.13. The molecular weight excluding hydrogens is 226 g/mol. The first-order valence-electron chi connectivity index (χ1n) is 6.52. The van der Waals surface area contributed by atoms with Crippen molar-refractivity contribution in [3.8, 4) is 0 Å². The number of anilines is 1. The summed E-state index contributed by atoms with van der Waals surface area (Å²) in [7, 11) is 0. The summed E-state index contributed by atoms with van der Waals surface area (Å²) in [6.45, 7) is 9.01. The van der Waals surface area contributed by atoms with Gasteiger partial charge in [-0.1, -0.05) is 19.9 Å². The van der Waals surface area contributed by atoms with Crippen LogP contribution in [0.25, 0.3) is 0 Å². The van der Waals surface area contributed by atoms with Crippen LogP contribution in [0.5, 0.6) is 0 Å². The van der Waals surface area contributed by atoms with Crippen LogP contribution in [0, 0.1) is 0 Å². The first kappa shape index (κ1) is 14.5. The maximum atomic E-state index is 12.0. The van der Waals surface area contributed by atoms with Gasteiger partial charge in [0.1, 0.15) is 11.5 Å². The van der Waals surface area contributed by atoms with Crippen LogP contribution in [-0.2, 0) is 0 Å². The number of rotatable bonds is 6. The fourth-order valence-electron chi connectivity index (χ4n) is 1.37. The van der Waals surface area contributed by atoms with Crippen LogP contribution in [-0.4, -0.2) is 23.0 Å². The predicted octanol–water partition coefficient (Wildman–Crippen LogP) is 2.82. The highest BCUT2D eigenvalue weighted by Gasteiger charge is 2.19. The third kappa shape index (κ3) is 4.35. The van der Waals surface area contributed by atoms with Gasteiger partial charge in [-0.25, -0.2) is 4.98 Å². The van der Waals surface area contributed by atoms with Crippen LogP contribution in [0.3, 0.4) is 0 Å². The third-order valence-electron chi connectivity index (χ3n) is 2.87. The lowest BCUT2D eigenvalue weighted by Crippen LogP contribution is -2.43. The zero-order valence-electron chi connectivity index (χ0n) is 11.7. The van der Waals surface area contributed by atoms with E-state index in [0.717, 1.165) is 25.2 Å². The standard InChI is InChI=1S/C14H23N3O/c1-5-10-15-12-9-7-8-11(16-12)13(18)17-14(3,4)6-2/h7-9H,5-6,10H2,1-4H3,(H,15,16)(H,17,18). The molecule has 18 heavy (non-hydrogen) atoms. The zero-order valence-corrected chi connectivity index (χ0v) is 11.7. The van der Waals surface area contributed by atoms with Gasteiger partial charge in [-0.05, 0) is 38.8 Å². The molecule has 0 aromatic carbocycles. The van der Waals surface area contributed by atoms with Crippen molar-refractivity contribution in [1.82, 2.24) is 10.3 Å². The third-order valence-corrected chi connectivity index (χ3v) is 2.87. The predicted molar refractivity (Wildman–Crippen MR) is 74.9 cm³/mol. The molecule has 0 unspecified atom stereocenters. The summed E-state index contributed by atoms with van der Waals surface area (Å²) in [5.74, 6) is 0.626. The van der Waals surface area contributed by atoms with Gasteiger partial charge in [0, 0.05) is 12.1 Å². The number of amides is 1. The number of aromatic nitrogens is 1. The second-order valence-corrected chi connectivity index (χ2v) is 5.03. The average molecular weight is 249 g/mol. The van der Waals surface area contributed by atoms with E-state index in [0.29, 0.717) is 5.69 Å². The van der Waals surface area contributed by atoms with E-state index in [9.17, 15) is 4.79 Å². The highest BCUT2D eigenvalue weighted by Crippen LogP contribution is 2.10. The second kappa shape index (κ2) is 6.38. The molecule has 0 atom stereocenters. The van der Waals surface area contributed by atoms with Crippen molar-refractivity contribution in [2.24, 2.45) is 0 Å². The summed E-state index contributed by atoms with van der Waals surface area (Å²) >= 11 is 0. The summed E-state index contributed by atoms with van der Waals surface area (Å²) in [6.07, 6.45) is 1.91. The van der Waals surface area contributed by atoms with Gasteiger partial charge in [0.15, 0.2) is 0 Å². The molecule has 4 heteroatoms. The minimum atomic E-state index is -0.203. The van der Waals surface area contributed by atoms with Crippen molar-refractivity contribution in [3.05, 3.63) is 23.9 Å². The molecule has 4 nitrogen and oxygen atoms in total. The van der Waals surface area contributed by atoms with Crippen LogP contribution in [0.1, 0.15) is 51.0 Å². The lowest BCUT2D eigenvalue weighted by molar-refractivity contribution is 0.0906. The number of hydrogen-bond donors (Lipinski definition) is 2. The molecule has 1 rings (SSSR count). The number of carbonyl (C=O) groups is 1. The summed E-state index contributed by atoms with van der Waals surface area (Å²) < 4.78 is 0. The first-order valence-corrected chi connectivity index (χ1v) is 6.52. The van der Waals surface area contributed by atoms with Crippen LogP contribution in [0.15, 0.2) is 18.2 Å². The zero-order chi connectivity index (χ0) is 13.6. The molecule has 1 aromatic rings. The molecule has 0 spiro atoms. The minimum Gasteiger partial charge on any atom is -0.370 e. The van der Waals surface area contributed by atoms with Crippen molar-refractivity contribution in [1.29, 1.82) is 0 Å². The van der Waals surface area contributed by atoms with Gasteiger partial charge in [-0.3, -0.25) is 4.79 Å². The van der Waals surface area contributed by atoms with Gasteiger partial charge in [-0.2, -0.15) is 0 Å². The molecule has 0 fully saturated rings. The molecule has 0 saturated heterocycles. The molecule has 0 saturated carbocycles. The highest BCUT2D eigenvalue weighted by atomic mass is 16.2. The van der Waals surface area contributed by atoms with E-state index in [1.807, 2.05) is 32.9 Å². The van der Waals surface area contributed by atoms with Crippen molar-refractivity contribution in [2.75, 3.05) is 11.9 Å². The molecule has 1 heterocycles. The van der Waals surface area contributed by atoms with Gasteiger partial charge in [0.2, 0.25) is 0 Å². The Morgan fingerprint density at radius 3 is 2.67 bits per heavy atom. The Morgan fingerprint density at radius 1 is 1.33 bits per heavy atom. The van der Waals surface area contributed by atoms with Crippen LogP contribution >= 0.6 is 0 Å². The second-order valence-electron chi connectivity index (χ2n) is 5.03. The molecule has 100 valence electrons. The minimum absolute atomic E-state index is 0.123. The van der Waals surface area contributed by atoms with E-state index < -0.39 is 0 Å². The van der Waals surface area contributed by atoms with Crippen LogP contribution < -0.4 is 10.6 Å². The number of carbonyl (C=O) groups excluding carboxylic acids is 1. The van der Waals surface area contributed by atoms with Crippen molar-refractivity contribution in [3.63, 3.8) is 0 Å². The fourth-order valence-corrected chi connectivity index (χ4v) is 1.37. The lowest BCUT2D eigenvalue weighted by atomic mass is 10.0. The van der Waals surface area contributed by atoms with E-state index in [4.69, 9.17) is 0 Å². The van der Waals surface area contributed by atoms with Gasteiger partial charge in [0.25, 0.3) is 5.91 Å². The summed E-state index contributed by atoms with van der Waals surface area (Å²) in [4.78, 5) is 16.3. The molecule has 0 radical (unpaired) electrons. The normalized spacial score (nSPS) is 11.1. The molecule has 0 aliphatic rings. The molecule has 0 aliphatic heterocycles. The number of nitrogens with one attached hydrogen (secondary N) is 2. The number of hydrogen-bond acceptors (Lipinski definition) is 3. The summed E-state index contributed by atoms with van der Waals surface area (Å²) in [5.41, 5.74) is 0.253. The monoisotopic (exact) mass is 249 g/mol. The first-order chi connectivity index (χ1) is 8.48. The molecule has 1 amide bonds. The van der Waals surface area contributed by atoms with Crippen LogP contribution in [0.4, 0.5) is 5.82 Å². The molecule has 1 aromatic heterocycles. The fraction of sp³-hybridized carbons (Fsp3) is 0.571. The van der Waals surface area contributed by atoms with Crippen molar-refractivity contribution < 1.29 is 4.79 Å². The van der Waals surface area contributed by atoms with E-state index in [1.165, 1.54) is 0 Å². The summed E-state index contributed by atoms with van der Waals surface area (Å²) in [5, 5.41) is 6.15. The molecule has 0 bridgehead atoms. The SMILES string of the molecule is CCCNc1cccc(C(=O)NC(C)(C)CC)n1. The molecular formula is C14H23N3O. The van der Waals surface area contributed by atoms with E-state index in [-0.39, 0.29) is 11.4 Å². The Labute approximate surface area is 109 Å². The summed E-state index contributed by atoms with van der Waals surface area (Å²) in [6, 6.07) is 5.45. The Morgan fingerprint density at radius 2 is 2.06 bits per heavy atom. The van der Waals surface area contributed by atoms with E-state index >= 15 is 0 Å². The van der Waals surface area contributed by atoms with Gasteiger partial charge in [0.05, 0.1) is 0 Å². The Bertz CT molecular complexity index is 402. The topological polar surface area (TPSA) is 54.0 Å². The maximum Gasteiger partial charge on any atom is 0.270 e. The van der Waals surface area contributed by atoms with Crippen LogP contribution in [0.2, 0.25) is 0 Å². The number of pyridine rings is 1. The smallest absolute Gasteiger partial charge is 0.270 e. The maximum absolute atomic E-state index is 12.0. The highest BCUT2D eigenvalue weighted by molar-refractivity contribution is 5.93. The quantitative estimate of drug-likeness (QED) is 0.815. The van der Waals surface area contributed by atoms with Gasteiger partial charge in [-0.15, -0.1) is 0 Å². The largest absolute Gasteiger partial charge is 0.370 e. The van der Waals surface area contributed by atoms with Gasteiger partial charge >= 0.3 is 0 Å². The van der Waals surface area contributed by atoms with Crippen molar-refractivity contribution in [2.45, 2.75) is 46.1 Å². The Balaban J connectivity index is 2.74. The number of nitrogens with zero attached hydrogens (tertiary/aromatic N) is 1. The van der Waals surface area contributed by atoms with E-state index in [1.54, 1.807) is 6.07 Å².